The fraction of sp³-hybridized carbons (Fsp3) is 0.438. The zero-order valence-corrected chi connectivity index (χ0v) is 28.8. The lowest BCUT2D eigenvalue weighted by molar-refractivity contribution is -0.140. The van der Waals surface area contributed by atoms with Gasteiger partial charge in [-0.25, -0.2) is 19.2 Å². The van der Waals surface area contributed by atoms with Crippen LogP contribution in [0.3, 0.4) is 0 Å². The number of ether oxygens (including phenoxy) is 4. The molecule has 0 aliphatic carbocycles. The number of aliphatic carboxylic acids is 2. The van der Waals surface area contributed by atoms with Crippen LogP contribution in [0.5, 0.6) is 11.5 Å². The second kappa shape index (κ2) is 16.4. The van der Waals surface area contributed by atoms with Crippen molar-refractivity contribution in [2.24, 2.45) is 0 Å². The summed E-state index contributed by atoms with van der Waals surface area (Å²) in [6.45, 7) is 9.20. The first-order chi connectivity index (χ1) is 23.4. The number of hydrogen-bond donors (Lipinski definition) is 7. The number of para-hydroxylation sites is 2. The summed E-state index contributed by atoms with van der Waals surface area (Å²) in [7, 11) is 1.41. The Morgan fingerprint density at radius 2 is 1.48 bits per heavy atom. The number of nitrogens with one attached hydrogen (secondary N) is 4. The molecule has 272 valence electrons. The second-order valence-corrected chi connectivity index (χ2v) is 12.5. The third kappa shape index (κ3) is 11.6. The van der Waals surface area contributed by atoms with Crippen LogP contribution in [0.15, 0.2) is 40.8 Å². The maximum atomic E-state index is 12.8. The van der Waals surface area contributed by atoms with Gasteiger partial charge in [0.05, 0.1) is 36.3 Å². The van der Waals surface area contributed by atoms with Crippen molar-refractivity contribution in [3.05, 3.63) is 42.3 Å². The molecular formula is C32H43N7O11. The number of amides is 2. The predicted octanol–water partition coefficient (Wildman–Crippen LogP) is 3.47. The van der Waals surface area contributed by atoms with Gasteiger partial charge in [-0.1, -0.05) is 12.1 Å². The summed E-state index contributed by atoms with van der Waals surface area (Å²) in [5.41, 5.74) is 5.73. The molecule has 0 aliphatic heterocycles. The van der Waals surface area contributed by atoms with Gasteiger partial charge in [-0.3, -0.25) is 0 Å². The van der Waals surface area contributed by atoms with E-state index in [1.165, 1.54) is 19.2 Å². The molecule has 0 radical (unpaired) electrons. The molecule has 2 aromatic carbocycles. The fourth-order valence-corrected chi connectivity index (χ4v) is 4.21. The lowest BCUT2D eigenvalue weighted by atomic mass is 10.1. The Kier molecular flexibility index (Phi) is 12.7. The quantitative estimate of drug-likeness (QED) is 0.105. The maximum Gasteiger partial charge on any atom is 0.408 e. The monoisotopic (exact) mass is 701 g/mol. The minimum atomic E-state index is -1.52. The van der Waals surface area contributed by atoms with Gasteiger partial charge in [-0.05, 0) is 52.8 Å². The lowest BCUT2D eigenvalue weighted by Gasteiger charge is -2.28. The third-order valence-corrected chi connectivity index (χ3v) is 6.57. The number of carboxylic acids is 2. The molecule has 3 aromatic rings. The summed E-state index contributed by atoms with van der Waals surface area (Å²) < 4.78 is 27.1. The van der Waals surface area contributed by atoms with Crippen molar-refractivity contribution in [2.75, 3.05) is 43.2 Å². The van der Waals surface area contributed by atoms with Gasteiger partial charge < -0.3 is 60.6 Å². The van der Waals surface area contributed by atoms with E-state index in [9.17, 15) is 29.4 Å². The normalized spacial score (nSPS) is 12.5. The van der Waals surface area contributed by atoms with Crippen molar-refractivity contribution in [3.63, 3.8) is 0 Å². The number of nitrogen functional groups attached to an aromatic ring is 1. The molecule has 3 rings (SSSR count). The highest BCUT2D eigenvalue weighted by atomic mass is 16.6. The van der Waals surface area contributed by atoms with Gasteiger partial charge in [0.2, 0.25) is 5.89 Å². The van der Waals surface area contributed by atoms with Gasteiger partial charge in [0, 0.05) is 19.5 Å². The molecular weight excluding hydrogens is 658 g/mol. The molecule has 0 aliphatic rings. The first-order valence-corrected chi connectivity index (χ1v) is 15.3. The van der Waals surface area contributed by atoms with Crippen LogP contribution in [0.1, 0.15) is 40.5 Å². The first kappa shape index (κ1) is 38.5. The van der Waals surface area contributed by atoms with E-state index in [0.29, 0.717) is 22.8 Å². The van der Waals surface area contributed by atoms with Crippen LogP contribution in [0.4, 0.5) is 26.7 Å². The number of carbonyl (C=O) groups is 4. The smallest absolute Gasteiger partial charge is 0.408 e. The minimum Gasteiger partial charge on any atom is -0.496 e. The van der Waals surface area contributed by atoms with Gasteiger partial charge in [-0.2, -0.15) is 0 Å². The molecule has 0 saturated heterocycles. The highest BCUT2D eigenvalue weighted by Crippen LogP contribution is 2.37. The number of benzene rings is 2. The molecule has 8 N–H and O–H groups in total. The molecule has 0 saturated carbocycles. The number of hydrogen-bond acceptors (Lipinski definition) is 14. The van der Waals surface area contributed by atoms with Crippen LogP contribution in [0.25, 0.3) is 11.5 Å². The zero-order valence-electron chi connectivity index (χ0n) is 28.8. The summed E-state index contributed by atoms with van der Waals surface area (Å²) in [6, 6.07) is 6.96. The Morgan fingerprint density at radius 1 is 0.880 bits per heavy atom. The summed E-state index contributed by atoms with van der Waals surface area (Å²) in [4.78, 5) is 48.6. The van der Waals surface area contributed by atoms with Crippen LogP contribution in [0.2, 0.25) is 0 Å². The molecule has 18 heteroatoms. The Hall–Kier alpha value is -5.94. The van der Waals surface area contributed by atoms with Crippen molar-refractivity contribution >= 4 is 41.2 Å². The molecule has 1 aromatic heterocycles. The van der Waals surface area contributed by atoms with Crippen LogP contribution in [0, 0.1) is 6.92 Å². The Bertz CT molecular complexity index is 1670. The number of anilines is 3. The predicted molar refractivity (Wildman–Crippen MR) is 180 cm³/mol. The number of carboxylic acid groups (broad SMARTS) is 2. The van der Waals surface area contributed by atoms with Crippen LogP contribution >= 0.6 is 0 Å². The molecule has 0 spiro atoms. The first-order valence-electron chi connectivity index (χ1n) is 15.3. The van der Waals surface area contributed by atoms with Gasteiger partial charge in [0.15, 0.2) is 6.04 Å². The number of alkyl carbamates (subject to hydrolysis) is 2. The highest BCUT2D eigenvalue weighted by Gasteiger charge is 2.29. The topological polar surface area (TPSA) is 259 Å². The largest absolute Gasteiger partial charge is 0.496 e. The molecule has 0 bridgehead atoms. The van der Waals surface area contributed by atoms with Gasteiger partial charge in [-0.15, -0.1) is 10.2 Å². The maximum absolute atomic E-state index is 12.8. The van der Waals surface area contributed by atoms with E-state index in [0.717, 1.165) is 0 Å². The van der Waals surface area contributed by atoms with Crippen molar-refractivity contribution in [1.82, 2.24) is 20.8 Å². The lowest BCUT2D eigenvalue weighted by Crippen LogP contribution is -2.48. The van der Waals surface area contributed by atoms with Gasteiger partial charge in [0.1, 0.15) is 35.3 Å². The number of aryl methyl sites for hydroxylation is 1. The molecule has 50 heavy (non-hydrogen) atoms. The second-order valence-electron chi connectivity index (χ2n) is 12.5. The highest BCUT2D eigenvalue weighted by molar-refractivity contribution is 5.82. The van der Waals surface area contributed by atoms with E-state index >= 15 is 0 Å². The van der Waals surface area contributed by atoms with Crippen molar-refractivity contribution in [3.8, 4) is 23.0 Å². The van der Waals surface area contributed by atoms with Crippen molar-refractivity contribution in [2.45, 2.75) is 64.8 Å². The number of rotatable bonds is 16. The third-order valence-electron chi connectivity index (χ3n) is 6.57. The summed E-state index contributed by atoms with van der Waals surface area (Å²) in [5, 5.41) is 37.8. The molecule has 1 heterocycles. The summed E-state index contributed by atoms with van der Waals surface area (Å²) in [6.07, 6.45) is -1.90. The molecule has 2 amide bonds. The summed E-state index contributed by atoms with van der Waals surface area (Å²) >= 11 is 0. The van der Waals surface area contributed by atoms with Gasteiger partial charge >= 0.3 is 24.1 Å². The summed E-state index contributed by atoms with van der Waals surface area (Å²) in [5.74, 6) is -1.78. The van der Waals surface area contributed by atoms with E-state index in [1.807, 2.05) is 0 Å². The van der Waals surface area contributed by atoms with E-state index in [1.54, 1.807) is 65.8 Å². The van der Waals surface area contributed by atoms with E-state index < -0.39 is 54.0 Å². The number of carbonyl (C=O) groups excluding carboxylic acids is 2. The SMILES string of the molecule is COc1cc(OCC(NC(=O)OC(C)(C)CNc2ccccc2NC[C@H](NC(=O)OC(C)(C)C)C(=O)O)C(=O)O)c(N)cc1-c1nnc(C)o1. The minimum absolute atomic E-state index is 0.0636. The Balaban J connectivity index is 1.58. The van der Waals surface area contributed by atoms with Crippen molar-refractivity contribution < 1.29 is 52.8 Å². The Morgan fingerprint density at radius 3 is 2.04 bits per heavy atom. The molecule has 0 fully saturated rings. The molecule has 18 nitrogen and oxygen atoms in total. The standard InChI is InChI=1S/C32H43N7O11/c1-17-38-39-26(48-17)18-12-19(33)25(13-24(18)46-7)47-15-23(28(42)43)37-30(45)50-32(5,6)16-35-21-11-9-8-10-20(21)34-14-22(27(40)41)36-29(44)49-31(2,3)4/h8-13,22-23,34-35H,14-16,33H2,1-7H3,(H,36,44)(H,37,45)(H,40,41)(H,42,43)/t22-,23?/m0/s1. The van der Waals surface area contributed by atoms with E-state index in [2.05, 4.69) is 31.5 Å². The van der Waals surface area contributed by atoms with E-state index in [4.69, 9.17) is 29.1 Å². The van der Waals surface area contributed by atoms with Crippen LogP contribution in [-0.4, -0.2) is 94.6 Å². The van der Waals surface area contributed by atoms with Crippen LogP contribution in [-0.2, 0) is 19.1 Å². The molecule has 1 unspecified atom stereocenters. The number of aromatic nitrogens is 2. The van der Waals surface area contributed by atoms with Crippen molar-refractivity contribution in [1.29, 1.82) is 0 Å². The fourth-order valence-electron chi connectivity index (χ4n) is 4.21. The number of methoxy groups -OCH3 is 1. The number of nitrogens with two attached hydrogens (primary N) is 1. The van der Waals surface area contributed by atoms with Crippen LogP contribution < -0.4 is 36.5 Å². The number of nitrogens with zero attached hydrogens (tertiary/aromatic N) is 2. The average Bonchev–Trinajstić information content (AvgIpc) is 3.45. The Labute approximate surface area is 288 Å². The molecule has 2 atom stereocenters. The zero-order chi connectivity index (χ0) is 37.2. The van der Waals surface area contributed by atoms with Gasteiger partial charge in [0.25, 0.3) is 5.89 Å². The average molecular weight is 702 g/mol. The van der Waals surface area contributed by atoms with E-state index in [-0.39, 0.29) is 36.2 Å².